The first-order valence-corrected chi connectivity index (χ1v) is 13.3. The van der Waals surface area contributed by atoms with Gasteiger partial charge in [0.2, 0.25) is 0 Å². The Morgan fingerprint density at radius 1 is 0.962 bits per heavy atom. The van der Waals surface area contributed by atoms with Crippen LogP contribution in [0.3, 0.4) is 0 Å². The number of aryl methyl sites for hydroxylation is 1. The zero-order chi connectivity index (χ0) is 22.1. The monoisotopic (exact) mass is 472 g/mol. The van der Waals surface area contributed by atoms with Crippen LogP contribution < -0.4 is 0 Å². The van der Waals surface area contributed by atoms with Gasteiger partial charge in [0.25, 0.3) is 0 Å². The normalized spacial score (nSPS) is 9.96. The molecule has 0 fully saturated rings. The zero-order valence-corrected chi connectivity index (χ0v) is 20.2. The van der Waals surface area contributed by atoms with Gasteiger partial charge in [0, 0.05) is 11.6 Å². The second kappa shape index (κ2) is 18.8. The second-order valence-electron chi connectivity index (χ2n) is 4.58. The molecule has 0 aliphatic rings. The van der Waals surface area contributed by atoms with Gasteiger partial charge in [0.05, 0.1) is 0 Å². The fourth-order valence-electron chi connectivity index (χ4n) is 0.810. The highest BCUT2D eigenvalue weighted by Crippen LogP contribution is 2.27. The first-order valence-electron chi connectivity index (χ1n) is 7.58. The summed E-state index contributed by atoms with van der Waals surface area (Å²) in [6, 6.07) is 1.76. The van der Waals surface area contributed by atoms with Crippen molar-refractivity contribution in [3.8, 4) is 0 Å². The molecule has 0 aliphatic carbocycles. The third-order valence-electron chi connectivity index (χ3n) is 1.36. The molecule has 0 saturated carbocycles. The van der Waals surface area contributed by atoms with E-state index in [2.05, 4.69) is 47.4 Å². The summed E-state index contributed by atoms with van der Waals surface area (Å²) in [7, 11) is 0. The highest BCUT2D eigenvalue weighted by Gasteiger charge is 2.03. The molecule has 0 radical (unpaired) electrons. The lowest BCUT2D eigenvalue weighted by molar-refractivity contribution is 0.361. The number of hydrogen-bond acceptors (Lipinski definition) is 4. The summed E-state index contributed by atoms with van der Waals surface area (Å²) in [6.45, 7) is 6.65. The van der Waals surface area contributed by atoms with Gasteiger partial charge in [0.15, 0.2) is 0 Å². The Labute approximate surface area is 171 Å². The van der Waals surface area contributed by atoms with Crippen molar-refractivity contribution in [2.24, 2.45) is 0 Å². The molecule has 6 N–H and O–H groups in total. The molecule has 0 saturated heterocycles. The molecule has 1 heterocycles. The van der Waals surface area contributed by atoms with Crippen molar-refractivity contribution in [3.05, 3.63) is 22.7 Å². The SMILES string of the molecule is CC.CCC.Cc1cc(Cl)nc(C(C)C)n1.OP(O)(O)=S.OP(O)(O)=S. The molecule has 8 nitrogen and oxygen atoms in total. The van der Waals surface area contributed by atoms with Crippen molar-refractivity contribution in [1.29, 1.82) is 0 Å². The Balaban J connectivity index is -0.000000137. The molecule has 0 spiro atoms. The molecule has 0 aliphatic heterocycles. The van der Waals surface area contributed by atoms with Crippen molar-refractivity contribution in [1.82, 2.24) is 9.97 Å². The highest BCUT2D eigenvalue weighted by molar-refractivity contribution is 8.06. The van der Waals surface area contributed by atoms with E-state index in [0.29, 0.717) is 11.1 Å². The van der Waals surface area contributed by atoms with E-state index < -0.39 is 13.4 Å². The van der Waals surface area contributed by atoms with Gasteiger partial charge in [-0.1, -0.05) is 59.6 Å². The molecule has 0 unspecified atom stereocenters. The topological polar surface area (TPSA) is 147 Å². The van der Waals surface area contributed by atoms with Gasteiger partial charge in [-0.25, -0.2) is 9.97 Å². The van der Waals surface area contributed by atoms with Crippen molar-refractivity contribution < 1.29 is 29.4 Å². The molecular weight excluding hydrogens is 442 g/mol. The summed E-state index contributed by atoms with van der Waals surface area (Å²) in [4.78, 5) is 53.7. The van der Waals surface area contributed by atoms with E-state index in [1.165, 1.54) is 6.42 Å². The molecule has 0 atom stereocenters. The Kier molecular flexibility index (Phi) is 24.5. The standard InChI is InChI=1S/C8H11ClN2.C3H8.C2H6.2H3O3PS/c1-5(2)8-10-6(3)4-7(9)11-8;1-3-2;1-2;2*1-4(2,3)5/h4-5H,1-3H3;3H2,1-2H3;1-2H3;2*(H3,1,2,3,5). The molecule has 1 aromatic rings. The first kappa shape index (κ1) is 34.0. The predicted molar refractivity (Wildman–Crippen MR) is 115 cm³/mol. The molecule has 26 heavy (non-hydrogen) atoms. The van der Waals surface area contributed by atoms with Crippen LogP contribution in [0, 0.1) is 6.92 Å². The molecule has 0 amide bonds. The number of hydrogen-bond donors (Lipinski definition) is 6. The van der Waals surface area contributed by atoms with Crippen molar-refractivity contribution in [2.45, 2.75) is 60.8 Å². The fourth-order valence-corrected chi connectivity index (χ4v) is 1.05. The number of aromatic nitrogens is 2. The minimum absolute atomic E-state index is 0.340. The highest BCUT2D eigenvalue weighted by atomic mass is 35.5. The molecule has 13 heteroatoms. The van der Waals surface area contributed by atoms with Crippen LogP contribution in [0.5, 0.6) is 0 Å². The van der Waals surface area contributed by atoms with Crippen molar-refractivity contribution in [3.63, 3.8) is 0 Å². The van der Waals surface area contributed by atoms with Gasteiger partial charge in [-0.2, -0.15) is 0 Å². The molecule has 158 valence electrons. The molecule has 0 bridgehead atoms. The minimum atomic E-state index is -3.81. The lowest BCUT2D eigenvalue weighted by atomic mass is 10.2. The summed E-state index contributed by atoms with van der Waals surface area (Å²) >= 11 is 13.0. The summed E-state index contributed by atoms with van der Waals surface area (Å²) in [5.41, 5.74) is 0.925. The maximum absolute atomic E-state index is 7.56. The van der Waals surface area contributed by atoms with Gasteiger partial charge in [-0.3, -0.25) is 0 Å². The van der Waals surface area contributed by atoms with E-state index in [9.17, 15) is 0 Å². The Bertz CT molecular complexity index is 499. The van der Waals surface area contributed by atoms with Crippen LogP contribution in [0.4, 0.5) is 0 Å². The number of halogens is 1. The van der Waals surface area contributed by atoms with Crippen molar-refractivity contribution >= 4 is 48.7 Å². The van der Waals surface area contributed by atoms with Crippen LogP contribution in [-0.2, 0) is 23.6 Å². The maximum Gasteiger partial charge on any atom is 0.319 e. The van der Waals surface area contributed by atoms with Gasteiger partial charge in [-0.15, -0.1) is 0 Å². The van der Waals surface area contributed by atoms with Crippen LogP contribution in [0.25, 0.3) is 0 Å². The first-order chi connectivity index (χ1) is 11.5. The third kappa shape index (κ3) is 49.7. The van der Waals surface area contributed by atoms with E-state index >= 15 is 0 Å². The zero-order valence-electron chi connectivity index (χ0n) is 16.0. The summed E-state index contributed by atoms with van der Waals surface area (Å²) < 4.78 is 0. The van der Waals surface area contributed by atoms with Crippen molar-refractivity contribution in [2.75, 3.05) is 0 Å². The molecule has 1 aromatic heterocycles. The average molecular weight is 473 g/mol. The lowest BCUT2D eigenvalue weighted by Gasteiger charge is -2.03. The van der Waals surface area contributed by atoms with E-state index in [0.717, 1.165) is 11.5 Å². The average Bonchev–Trinajstić information content (AvgIpc) is 2.36. The van der Waals surface area contributed by atoms with E-state index in [4.69, 9.17) is 41.0 Å². The second-order valence-corrected chi connectivity index (χ2v) is 9.96. The molecular formula is C13H31ClN2O6P2S2. The summed E-state index contributed by atoms with van der Waals surface area (Å²) in [6.07, 6.45) is 1.25. The van der Waals surface area contributed by atoms with Crippen LogP contribution in [0.15, 0.2) is 6.07 Å². The molecule has 0 aromatic carbocycles. The Morgan fingerprint density at radius 2 is 1.23 bits per heavy atom. The minimum Gasteiger partial charge on any atom is -0.325 e. The largest absolute Gasteiger partial charge is 0.325 e. The smallest absolute Gasteiger partial charge is 0.319 e. The lowest BCUT2D eigenvalue weighted by Crippen LogP contribution is -1.98. The number of nitrogens with zero attached hydrogens (tertiary/aromatic N) is 2. The predicted octanol–water partition coefficient (Wildman–Crippen LogP) is 3.38. The summed E-state index contributed by atoms with van der Waals surface area (Å²) in [5, 5.41) is 0.529. The van der Waals surface area contributed by atoms with Gasteiger partial charge >= 0.3 is 13.4 Å². The number of rotatable bonds is 1. The molecule has 1 rings (SSSR count). The van der Waals surface area contributed by atoms with Gasteiger partial charge in [-0.05, 0) is 36.6 Å². The maximum atomic E-state index is 7.56. The third-order valence-corrected chi connectivity index (χ3v) is 1.55. The van der Waals surface area contributed by atoms with Gasteiger partial charge in [0.1, 0.15) is 11.0 Å². The van der Waals surface area contributed by atoms with E-state index in [1.807, 2.05) is 34.6 Å². The van der Waals surface area contributed by atoms with E-state index in [-0.39, 0.29) is 0 Å². The van der Waals surface area contributed by atoms with Gasteiger partial charge < -0.3 is 29.4 Å². The van der Waals surface area contributed by atoms with Crippen LogP contribution in [-0.4, -0.2) is 39.3 Å². The Hall–Kier alpha value is 0.430. The quantitative estimate of drug-likeness (QED) is 0.265. The fraction of sp³-hybridized carbons (Fsp3) is 0.692. The van der Waals surface area contributed by atoms with E-state index in [1.54, 1.807) is 6.07 Å². The van der Waals surface area contributed by atoms with Crippen LogP contribution in [0.2, 0.25) is 5.15 Å². The summed E-state index contributed by atoms with van der Waals surface area (Å²) in [5.74, 6) is 1.15. The Morgan fingerprint density at radius 3 is 1.42 bits per heavy atom. The van der Waals surface area contributed by atoms with Crippen LogP contribution >= 0.6 is 25.0 Å². The van der Waals surface area contributed by atoms with Crippen LogP contribution in [0.1, 0.15) is 65.4 Å².